The fraction of sp³-hybridized carbons (Fsp3) is 0.417. The Morgan fingerprint density at radius 1 is 1.39 bits per heavy atom. The van der Waals surface area contributed by atoms with E-state index in [0.29, 0.717) is 5.56 Å². The number of carbonyl (C=O) groups excluding carboxylic acids is 1. The molecule has 98 valence electrons. The van der Waals surface area contributed by atoms with Gasteiger partial charge in [-0.2, -0.15) is 8.78 Å². The third kappa shape index (κ3) is 3.66. The molecule has 0 atom stereocenters. The first kappa shape index (κ1) is 12.8. The molecule has 0 unspecified atom stereocenters. The van der Waals surface area contributed by atoms with Gasteiger partial charge >= 0.3 is 12.6 Å². The van der Waals surface area contributed by atoms with Crippen molar-refractivity contribution in [2.45, 2.75) is 19.5 Å². The molecule has 1 heterocycles. The molecule has 1 aliphatic heterocycles. The van der Waals surface area contributed by atoms with Crippen molar-refractivity contribution in [1.29, 1.82) is 0 Å². The second-order valence-corrected chi connectivity index (χ2v) is 3.95. The average molecular weight is 257 g/mol. The molecule has 0 N–H and O–H groups in total. The number of carbonyl (C=O) groups is 1. The first-order valence-corrected chi connectivity index (χ1v) is 5.63. The number of hydrogen-bond acceptors (Lipinski definition) is 4. The van der Waals surface area contributed by atoms with E-state index in [2.05, 4.69) is 4.74 Å². The van der Waals surface area contributed by atoms with E-state index in [4.69, 9.17) is 4.84 Å². The molecule has 6 heteroatoms. The largest absolute Gasteiger partial charge is 0.435 e. The molecule has 0 spiro atoms. The zero-order valence-corrected chi connectivity index (χ0v) is 9.64. The number of nitrogens with zero attached hydrogens (tertiary/aromatic N) is 1. The van der Waals surface area contributed by atoms with Gasteiger partial charge in [-0.3, -0.25) is 0 Å². The van der Waals surface area contributed by atoms with Crippen LogP contribution >= 0.6 is 0 Å². The molecular formula is C12H13F2NO3. The first-order valence-electron chi connectivity index (χ1n) is 5.63. The van der Waals surface area contributed by atoms with Gasteiger partial charge in [-0.25, -0.2) is 4.79 Å². The molecule has 1 fully saturated rings. The van der Waals surface area contributed by atoms with E-state index >= 15 is 0 Å². The van der Waals surface area contributed by atoms with Gasteiger partial charge in [0.1, 0.15) is 5.75 Å². The van der Waals surface area contributed by atoms with E-state index in [1.165, 1.54) is 12.1 Å². The van der Waals surface area contributed by atoms with Gasteiger partial charge in [0.25, 0.3) is 0 Å². The van der Waals surface area contributed by atoms with Crippen molar-refractivity contribution < 1.29 is 23.1 Å². The van der Waals surface area contributed by atoms with E-state index in [1.54, 1.807) is 17.2 Å². The molecule has 0 saturated carbocycles. The monoisotopic (exact) mass is 257 g/mol. The van der Waals surface area contributed by atoms with Gasteiger partial charge in [0.15, 0.2) is 0 Å². The molecule has 2 rings (SSSR count). The van der Waals surface area contributed by atoms with Crippen molar-refractivity contribution in [1.82, 2.24) is 5.06 Å². The molecule has 1 aliphatic rings. The van der Waals surface area contributed by atoms with Crippen LogP contribution in [0.2, 0.25) is 0 Å². The van der Waals surface area contributed by atoms with Gasteiger partial charge in [-0.15, -0.1) is 5.06 Å². The minimum Gasteiger partial charge on any atom is -0.435 e. The van der Waals surface area contributed by atoms with Crippen LogP contribution in [-0.2, 0) is 16.1 Å². The molecule has 0 aromatic heterocycles. The second-order valence-electron chi connectivity index (χ2n) is 3.95. The van der Waals surface area contributed by atoms with Crippen molar-refractivity contribution in [3.8, 4) is 5.75 Å². The molecule has 0 radical (unpaired) electrons. The van der Waals surface area contributed by atoms with Crippen molar-refractivity contribution in [2.75, 3.05) is 13.1 Å². The lowest BCUT2D eigenvalue weighted by molar-refractivity contribution is -0.206. The van der Waals surface area contributed by atoms with Crippen molar-refractivity contribution in [3.05, 3.63) is 29.8 Å². The van der Waals surface area contributed by atoms with E-state index in [1.807, 2.05) is 0 Å². The summed E-state index contributed by atoms with van der Waals surface area (Å²) in [5.74, 6) is -0.358. The highest BCUT2D eigenvalue weighted by Gasteiger charge is 2.18. The summed E-state index contributed by atoms with van der Waals surface area (Å²) in [6.45, 7) is -1.37. The maximum absolute atomic E-state index is 12.0. The third-order valence-electron chi connectivity index (χ3n) is 2.52. The zero-order chi connectivity index (χ0) is 13.0. The lowest BCUT2D eigenvalue weighted by Crippen LogP contribution is -2.39. The summed E-state index contributed by atoms with van der Waals surface area (Å²) in [4.78, 5) is 16.5. The topological polar surface area (TPSA) is 38.8 Å². The van der Waals surface area contributed by atoms with Crippen LogP contribution in [0.3, 0.4) is 0 Å². The van der Waals surface area contributed by atoms with Crippen LogP contribution < -0.4 is 4.74 Å². The van der Waals surface area contributed by atoms with Gasteiger partial charge in [-0.05, 0) is 24.1 Å². The lowest BCUT2D eigenvalue weighted by atomic mass is 10.1. The number of rotatable bonds is 5. The molecule has 4 nitrogen and oxygen atoms in total. The Labute approximate surface area is 103 Å². The Balaban J connectivity index is 1.89. The molecule has 0 aliphatic carbocycles. The van der Waals surface area contributed by atoms with E-state index in [-0.39, 0.29) is 12.2 Å². The summed E-state index contributed by atoms with van der Waals surface area (Å²) in [5, 5.41) is 1.57. The van der Waals surface area contributed by atoms with Crippen LogP contribution in [0.4, 0.5) is 8.78 Å². The number of benzene rings is 1. The molecule has 1 aromatic carbocycles. The van der Waals surface area contributed by atoms with E-state index in [9.17, 15) is 13.6 Å². The Kier molecular flexibility index (Phi) is 4.09. The zero-order valence-electron chi connectivity index (χ0n) is 9.64. The maximum Gasteiger partial charge on any atom is 0.387 e. The van der Waals surface area contributed by atoms with Crippen LogP contribution in [-0.4, -0.2) is 30.7 Å². The SMILES string of the molecule is O=C(Cc1cccc(OC(F)F)c1)ON1CCC1. The highest BCUT2D eigenvalue weighted by molar-refractivity contribution is 5.72. The summed E-state index contributed by atoms with van der Waals surface area (Å²) in [6.07, 6.45) is 1.06. The summed E-state index contributed by atoms with van der Waals surface area (Å²) >= 11 is 0. The van der Waals surface area contributed by atoms with Gasteiger partial charge < -0.3 is 9.57 Å². The highest BCUT2D eigenvalue weighted by atomic mass is 19.3. The van der Waals surface area contributed by atoms with Crippen molar-refractivity contribution in [2.24, 2.45) is 0 Å². The number of halogens is 2. The molecule has 18 heavy (non-hydrogen) atoms. The Morgan fingerprint density at radius 2 is 2.17 bits per heavy atom. The predicted molar refractivity (Wildman–Crippen MR) is 59.1 cm³/mol. The van der Waals surface area contributed by atoms with Crippen molar-refractivity contribution in [3.63, 3.8) is 0 Å². The molecule has 0 amide bonds. The first-order chi connectivity index (χ1) is 8.63. The molecule has 1 aromatic rings. The summed E-state index contributed by atoms with van der Waals surface area (Å²) in [7, 11) is 0. The Bertz CT molecular complexity index is 422. The van der Waals surface area contributed by atoms with Gasteiger partial charge in [-0.1, -0.05) is 12.1 Å². The van der Waals surface area contributed by atoms with E-state index < -0.39 is 12.6 Å². The Hall–Kier alpha value is -1.69. The standard InChI is InChI=1S/C12H13F2NO3/c13-12(14)17-10-4-1-3-9(7-10)8-11(16)18-15-5-2-6-15/h1,3-4,7,12H,2,5-6,8H2. The van der Waals surface area contributed by atoms with Crippen LogP contribution in [0.25, 0.3) is 0 Å². The van der Waals surface area contributed by atoms with E-state index in [0.717, 1.165) is 19.5 Å². The van der Waals surface area contributed by atoms with Crippen LogP contribution in [0.5, 0.6) is 5.75 Å². The molecule has 1 saturated heterocycles. The quantitative estimate of drug-likeness (QED) is 0.808. The number of hydrogen-bond donors (Lipinski definition) is 0. The van der Waals surface area contributed by atoms with Crippen molar-refractivity contribution >= 4 is 5.97 Å². The minimum atomic E-state index is -2.87. The second kappa shape index (κ2) is 5.77. The smallest absolute Gasteiger partial charge is 0.387 e. The number of ether oxygens (including phenoxy) is 1. The minimum absolute atomic E-state index is 0.0386. The number of hydroxylamine groups is 2. The normalized spacial score (nSPS) is 15.3. The predicted octanol–water partition coefficient (Wildman–Crippen LogP) is 1.99. The molecular weight excluding hydrogens is 244 g/mol. The summed E-state index contributed by atoms with van der Waals surface area (Å²) in [6, 6.07) is 6.04. The fourth-order valence-electron chi connectivity index (χ4n) is 1.55. The molecule has 0 bridgehead atoms. The van der Waals surface area contributed by atoms with Gasteiger partial charge in [0.2, 0.25) is 0 Å². The van der Waals surface area contributed by atoms with Crippen LogP contribution in [0.15, 0.2) is 24.3 Å². The lowest BCUT2D eigenvalue weighted by Gasteiger charge is -2.28. The van der Waals surface area contributed by atoms with Gasteiger partial charge in [0.05, 0.1) is 6.42 Å². The maximum atomic E-state index is 12.0. The number of alkyl halides is 2. The third-order valence-corrected chi connectivity index (χ3v) is 2.52. The van der Waals surface area contributed by atoms with Crippen LogP contribution in [0.1, 0.15) is 12.0 Å². The fourth-order valence-corrected chi connectivity index (χ4v) is 1.55. The highest BCUT2D eigenvalue weighted by Crippen LogP contribution is 2.17. The van der Waals surface area contributed by atoms with Crippen LogP contribution in [0, 0.1) is 0 Å². The average Bonchev–Trinajstić information content (AvgIpc) is 2.23. The summed E-state index contributed by atoms with van der Waals surface area (Å²) < 4.78 is 28.3. The Morgan fingerprint density at radius 3 is 2.78 bits per heavy atom. The summed E-state index contributed by atoms with van der Waals surface area (Å²) in [5.41, 5.74) is 0.582. The van der Waals surface area contributed by atoms with Gasteiger partial charge in [0, 0.05) is 13.1 Å².